The van der Waals surface area contributed by atoms with Crippen molar-refractivity contribution < 1.29 is 26.7 Å². The molecule has 1 saturated heterocycles. The molecule has 0 aromatic heterocycles. The summed E-state index contributed by atoms with van der Waals surface area (Å²) in [5.74, 6) is 0.0838. The lowest BCUT2D eigenvalue weighted by molar-refractivity contribution is -0.199. The molecule has 0 amide bonds. The highest BCUT2D eigenvalue weighted by atomic mass is 127. The van der Waals surface area contributed by atoms with Crippen LogP contribution in [0.1, 0.15) is 20.8 Å². The molecule has 0 saturated carbocycles. The van der Waals surface area contributed by atoms with Gasteiger partial charge in [0.15, 0.2) is 21.9 Å². The van der Waals surface area contributed by atoms with Gasteiger partial charge in [0.1, 0.15) is 0 Å². The predicted molar refractivity (Wildman–Crippen MR) is 92.9 cm³/mol. The van der Waals surface area contributed by atoms with Crippen molar-refractivity contribution in [2.24, 2.45) is 4.99 Å². The molecule has 0 spiro atoms. The Balaban J connectivity index is 0.00000484. The Morgan fingerprint density at radius 2 is 2.00 bits per heavy atom. The number of nitrogens with one attached hydrogen (secondary N) is 1. The first kappa shape index (κ1) is 22.7. The lowest BCUT2D eigenvalue weighted by atomic mass is 10.2. The normalized spacial score (nSPS) is 22.2. The van der Waals surface area contributed by atoms with Gasteiger partial charge in [-0.25, -0.2) is 8.42 Å². The number of rotatable bonds is 3. The molecule has 0 bridgehead atoms. The van der Waals surface area contributed by atoms with Crippen LogP contribution in [0.4, 0.5) is 13.2 Å². The monoisotopic (exact) mass is 473 g/mol. The highest BCUT2D eigenvalue weighted by Gasteiger charge is 2.41. The fourth-order valence-corrected chi connectivity index (χ4v) is 3.39. The molecule has 0 aromatic carbocycles. The second kappa shape index (κ2) is 8.19. The summed E-state index contributed by atoms with van der Waals surface area (Å²) in [6.07, 6.45) is -7.27. The molecule has 11 heteroatoms. The van der Waals surface area contributed by atoms with Gasteiger partial charge in [-0.1, -0.05) is 0 Å². The Labute approximate surface area is 151 Å². The summed E-state index contributed by atoms with van der Waals surface area (Å²) in [6.45, 7) is 4.77. The fraction of sp³-hybridized carbons (Fsp3) is 0.917. The third-order valence-electron chi connectivity index (χ3n) is 3.47. The van der Waals surface area contributed by atoms with E-state index in [2.05, 4.69) is 10.3 Å². The quantitative estimate of drug-likeness (QED) is 0.363. The Kier molecular flexibility index (Phi) is 8.08. The number of hydrogen-bond donors (Lipinski definition) is 2. The minimum absolute atomic E-state index is 0. The van der Waals surface area contributed by atoms with Crippen molar-refractivity contribution in [3.05, 3.63) is 0 Å². The second-order valence-electron chi connectivity index (χ2n) is 5.75. The summed E-state index contributed by atoms with van der Waals surface area (Å²) in [5, 5.41) is 11.8. The van der Waals surface area contributed by atoms with Crippen LogP contribution in [0.25, 0.3) is 0 Å². The average Bonchev–Trinajstić information content (AvgIpc) is 2.36. The molecular weight excluding hydrogens is 450 g/mol. The van der Waals surface area contributed by atoms with E-state index in [4.69, 9.17) is 5.11 Å². The van der Waals surface area contributed by atoms with E-state index in [0.717, 1.165) is 0 Å². The molecule has 2 N–H and O–H groups in total. The highest BCUT2D eigenvalue weighted by molar-refractivity contribution is 14.0. The highest BCUT2D eigenvalue weighted by Crippen LogP contribution is 2.24. The number of halogens is 4. The maximum Gasteiger partial charge on any atom is 0.416 e. The SMILES string of the molecule is CCNC(=NCC(O)C(F)(F)F)N1CCS(=O)(=O)C(C)(C)C1.I. The first-order valence-corrected chi connectivity index (χ1v) is 8.56. The van der Waals surface area contributed by atoms with Crippen molar-refractivity contribution in [2.75, 3.05) is 31.9 Å². The van der Waals surface area contributed by atoms with Gasteiger partial charge >= 0.3 is 6.18 Å². The van der Waals surface area contributed by atoms with Gasteiger partial charge in [0.2, 0.25) is 0 Å². The molecule has 1 aliphatic heterocycles. The van der Waals surface area contributed by atoms with Crippen LogP contribution in [0.2, 0.25) is 0 Å². The number of guanidine groups is 1. The molecular formula is C12H23F3IN3O3S. The number of nitrogens with zero attached hydrogens (tertiary/aromatic N) is 2. The maximum atomic E-state index is 12.3. The van der Waals surface area contributed by atoms with Gasteiger partial charge in [0.25, 0.3) is 0 Å². The topological polar surface area (TPSA) is 82.0 Å². The number of alkyl halides is 3. The van der Waals surface area contributed by atoms with E-state index in [0.29, 0.717) is 6.54 Å². The average molecular weight is 473 g/mol. The van der Waals surface area contributed by atoms with Gasteiger partial charge in [-0.2, -0.15) is 13.2 Å². The summed E-state index contributed by atoms with van der Waals surface area (Å²) in [5.41, 5.74) is 0. The molecule has 138 valence electrons. The standard InChI is InChI=1S/C12H22F3N3O3S.HI/c1-4-16-10(17-7-9(19)12(13,14)15)18-5-6-22(20,21)11(2,3)8-18;/h9,19H,4-8H2,1-3H3,(H,16,17);1H. The lowest BCUT2D eigenvalue weighted by Crippen LogP contribution is -2.57. The van der Waals surface area contributed by atoms with Gasteiger partial charge in [0.05, 0.1) is 17.0 Å². The molecule has 1 atom stereocenters. The fourth-order valence-electron chi connectivity index (χ4n) is 2.03. The van der Waals surface area contributed by atoms with E-state index in [1.807, 2.05) is 0 Å². The largest absolute Gasteiger partial charge is 0.416 e. The van der Waals surface area contributed by atoms with E-state index >= 15 is 0 Å². The molecule has 1 unspecified atom stereocenters. The Bertz CT molecular complexity index is 523. The van der Waals surface area contributed by atoms with Crippen molar-refractivity contribution >= 4 is 39.8 Å². The Morgan fingerprint density at radius 3 is 2.43 bits per heavy atom. The van der Waals surface area contributed by atoms with Gasteiger partial charge in [0, 0.05) is 19.6 Å². The van der Waals surface area contributed by atoms with Crippen LogP contribution in [-0.4, -0.2) is 73.3 Å². The zero-order chi connectivity index (χ0) is 17.2. The molecule has 1 rings (SSSR count). The molecule has 23 heavy (non-hydrogen) atoms. The van der Waals surface area contributed by atoms with Crippen LogP contribution in [0.15, 0.2) is 4.99 Å². The lowest BCUT2D eigenvalue weighted by Gasteiger charge is -2.39. The van der Waals surface area contributed by atoms with Crippen molar-refractivity contribution in [3.63, 3.8) is 0 Å². The van der Waals surface area contributed by atoms with E-state index in [1.54, 1.807) is 25.7 Å². The summed E-state index contributed by atoms with van der Waals surface area (Å²) in [6, 6.07) is 0. The number of aliphatic imine (C=N–C) groups is 1. The first-order valence-electron chi connectivity index (χ1n) is 6.91. The van der Waals surface area contributed by atoms with Crippen LogP contribution >= 0.6 is 24.0 Å². The second-order valence-corrected chi connectivity index (χ2v) is 8.50. The number of hydrogen-bond acceptors (Lipinski definition) is 4. The number of sulfone groups is 1. The molecule has 0 aromatic rings. The van der Waals surface area contributed by atoms with Gasteiger partial charge in [-0.3, -0.25) is 4.99 Å². The minimum atomic E-state index is -4.73. The molecule has 1 heterocycles. The van der Waals surface area contributed by atoms with Crippen LogP contribution in [-0.2, 0) is 9.84 Å². The predicted octanol–water partition coefficient (Wildman–Crippen LogP) is 1.00. The summed E-state index contributed by atoms with van der Waals surface area (Å²) < 4.78 is 59.9. The number of aliphatic hydroxyl groups is 1. The van der Waals surface area contributed by atoms with Crippen molar-refractivity contribution in [2.45, 2.75) is 37.8 Å². The summed E-state index contributed by atoms with van der Waals surface area (Å²) >= 11 is 0. The summed E-state index contributed by atoms with van der Waals surface area (Å²) in [4.78, 5) is 5.39. The summed E-state index contributed by atoms with van der Waals surface area (Å²) in [7, 11) is -3.25. The zero-order valence-corrected chi connectivity index (χ0v) is 16.4. The van der Waals surface area contributed by atoms with Crippen LogP contribution in [0, 0.1) is 0 Å². The van der Waals surface area contributed by atoms with Crippen molar-refractivity contribution in [3.8, 4) is 0 Å². The van der Waals surface area contributed by atoms with Crippen LogP contribution < -0.4 is 5.32 Å². The molecule has 1 fully saturated rings. The van der Waals surface area contributed by atoms with Crippen molar-refractivity contribution in [1.29, 1.82) is 0 Å². The zero-order valence-electron chi connectivity index (χ0n) is 13.2. The van der Waals surface area contributed by atoms with E-state index in [1.165, 1.54) is 0 Å². The maximum absolute atomic E-state index is 12.3. The van der Waals surface area contributed by atoms with Crippen LogP contribution in [0.5, 0.6) is 0 Å². The van der Waals surface area contributed by atoms with Crippen molar-refractivity contribution in [1.82, 2.24) is 10.2 Å². The van der Waals surface area contributed by atoms with Crippen LogP contribution in [0.3, 0.4) is 0 Å². The smallest absolute Gasteiger partial charge is 0.382 e. The first-order chi connectivity index (χ1) is 9.90. The number of aliphatic hydroxyl groups excluding tert-OH is 1. The molecule has 0 aliphatic carbocycles. The minimum Gasteiger partial charge on any atom is -0.382 e. The third-order valence-corrected chi connectivity index (χ3v) is 6.00. The van der Waals surface area contributed by atoms with Gasteiger partial charge in [-0.15, -0.1) is 24.0 Å². The Morgan fingerprint density at radius 1 is 1.43 bits per heavy atom. The van der Waals surface area contributed by atoms with E-state index in [-0.39, 0.29) is 48.8 Å². The van der Waals surface area contributed by atoms with E-state index in [9.17, 15) is 21.6 Å². The van der Waals surface area contributed by atoms with E-state index < -0.39 is 33.4 Å². The van der Waals surface area contributed by atoms with Gasteiger partial charge < -0.3 is 15.3 Å². The molecule has 0 radical (unpaired) electrons. The Hall–Kier alpha value is -0.300. The molecule has 6 nitrogen and oxygen atoms in total. The van der Waals surface area contributed by atoms with Gasteiger partial charge in [-0.05, 0) is 20.8 Å². The molecule has 1 aliphatic rings. The third kappa shape index (κ3) is 5.93.